The zero-order valence-electron chi connectivity index (χ0n) is 15.1. The second-order valence-corrected chi connectivity index (χ2v) is 9.18. The predicted octanol–water partition coefficient (Wildman–Crippen LogP) is 4.43. The molecule has 13 heteroatoms. The molecule has 1 saturated heterocycles. The molecule has 0 saturated carbocycles. The highest BCUT2D eigenvalue weighted by atomic mass is 35.5. The number of hydrogen-bond donors (Lipinski definition) is 0. The van der Waals surface area contributed by atoms with E-state index in [0.29, 0.717) is 6.07 Å². The van der Waals surface area contributed by atoms with Crippen LogP contribution >= 0.6 is 23.2 Å². The second-order valence-electron chi connectivity index (χ2n) is 6.43. The van der Waals surface area contributed by atoms with Crippen LogP contribution in [0, 0.1) is 10.1 Å². The first-order chi connectivity index (χ1) is 13.9. The lowest BCUT2D eigenvalue weighted by molar-refractivity contribution is -0.384. The molecule has 0 aliphatic carbocycles. The summed E-state index contributed by atoms with van der Waals surface area (Å²) < 4.78 is 65.4. The molecule has 2 aromatic rings. The number of nitrogens with zero attached hydrogens (tertiary/aromatic N) is 3. The number of nitro benzene ring substituents is 1. The van der Waals surface area contributed by atoms with Gasteiger partial charge in [0, 0.05) is 32.2 Å². The zero-order valence-corrected chi connectivity index (χ0v) is 17.4. The van der Waals surface area contributed by atoms with Crippen LogP contribution in [0.3, 0.4) is 0 Å². The third-order valence-electron chi connectivity index (χ3n) is 4.61. The van der Waals surface area contributed by atoms with Crippen LogP contribution in [0.4, 0.5) is 24.5 Å². The van der Waals surface area contributed by atoms with E-state index in [1.807, 2.05) is 0 Å². The lowest BCUT2D eigenvalue weighted by atomic mass is 10.1. The molecule has 0 amide bonds. The number of nitro groups is 1. The van der Waals surface area contributed by atoms with Gasteiger partial charge in [0.15, 0.2) is 0 Å². The van der Waals surface area contributed by atoms with E-state index in [-0.39, 0.29) is 46.8 Å². The molecule has 2 aromatic carbocycles. The molecule has 1 heterocycles. The molecule has 0 atom stereocenters. The summed E-state index contributed by atoms with van der Waals surface area (Å²) in [5, 5.41) is 11.6. The highest BCUT2D eigenvalue weighted by Crippen LogP contribution is 2.37. The van der Waals surface area contributed by atoms with Crippen molar-refractivity contribution in [2.45, 2.75) is 11.1 Å². The van der Waals surface area contributed by atoms with Gasteiger partial charge in [0.2, 0.25) is 10.0 Å². The van der Waals surface area contributed by atoms with Crippen molar-refractivity contribution in [1.82, 2.24) is 4.31 Å². The molecule has 7 nitrogen and oxygen atoms in total. The lowest BCUT2D eigenvalue weighted by Gasteiger charge is -2.35. The maximum atomic E-state index is 12.9. The Morgan fingerprint density at radius 3 is 2.13 bits per heavy atom. The summed E-state index contributed by atoms with van der Waals surface area (Å²) in [7, 11) is -3.88. The average Bonchev–Trinajstić information content (AvgIpc) is 2.69. The predicted molar refractivity (Wildman–Crippen MR) is 106 cm³/mol. The summed E-state index contributed by atoms with van der Waals surface area (Å²) in [6.07, 6.45) is -4.71. The van der Waals surface area contributed by atoms with Gasteiger partial charge in [-0.25, -0.2) is 8.42 Å². The van der Waals surface area contributed by atoms with Gasteiger partial charge in [-0.3, -0.25) is 10.1 Å². The van der Waals surface area contributed by atoms with Crippen molar-refractivity contribution in [3.63, 3.8) is 0 Å². The van der Waals surface area contributed by atoms with Gasteiger partial charge in [-0.05, 0) is 30.3 Å². The fourth-order valence-electron chi connectivity index (χ4n) is 3.07. The Kier molecular flexibility index (Phi) is 6.19. The summed E-state index contributed by atoms with van der Waals surface area (Å²) in [5.74, 6) is 0. The molecule has 0 unspecified atom stereocenters. The monoisotopic (exact) mass is 483 g/mol. The molecule has 30 heavy (non-hydrogen) atoms. The minimum atomic E-state index is -4.71. The minimum absolute atomic E-state index is 0.000384. The Hall–Kier alpha value is -2.08. The number of piperazine rings is 1. The van der Waals surface area contributed by atoms with E-state index in [4.69, 9.17) is 23.2 Å². The zero-order chi connectivity index (χ0) is 22.3. The normalized spacial score (nSPS) is 16.0. The molecule has 0 bridgehead atoms. The first-order valence-electron chi connectivity index (χ1n) is 8.47. The Morgan fingerprint density at radius 1 is 0.967 bits per heavy atom. The number of anilines is 1. The molecule has 0 spiro atoms. The quantitative estimate of drug-likeness (QED) is 0.474. The maximum Gasteiger partial charge on any atom is 0.416 e. The van der Waals surface area contributed by atoms with Crippen LogP contribution in [0.5, 0.6) is 0 Å². The van der Waals surface area contributed by atoms with Gasteiger partial charge in [0.25, 0.3) is 5.69 Å². The van der Waals surface area contributed by atoms with Crippen LogP contribution in [0.1, 0.15) is 5.56 Å². The number of alkyl halides is 3. The Morgan fingerprint density at radius 2 is 1.60 bits per heavy atom. The molecular formula is C17H14Cl2F3N3O4S. The van der Waals surface area contributed by atoms with Gasteiger partial charge in [0.1, 0.15) is 5.69 Å². The van der Waals surface area contributed by atoms with Crippen LogP contribution < -0.4 is 4.90 Å². The van der Waals surface area contributed by atoms with E-state index < -0.39 is 32.4 Å². The molecule has 1 aliphatic rings. The molecule has 0 radical (unpaired) electrons. The number of hydrogen-bond acceptors (Lipinski definition) is 5. The van der Waals surface area contributed by atoms with Gasteiger partial charge in [-0.2, -0.15) is 17.5 Å². The van der Waals surface area contributed by atoms with E-state index >= 15 is 0 Å². The summed E-state index contributed by atoms with van der Waals surface area (Å²) in [6, 6.07) is 6.18. The standard InChI is InChI=1S/C17H14Cl2F3N3O4S/c18-13-3-2-12(10-14(13)19)30(28,29)24-7-5-23(6-8-24)15-4-1-11(17(20,21)22)9-16(15)25(26)27/h1-4,9-10H,5-8H2. The van der Waals surface area contributed by atoms with E-state index in [9.17, 15) is 31.7 Å². The third-order valence-corrected chi connectivity index (χ3v) is 7.24. The van der Waals surface area contributed by atoms with Crippen LogP contribution in [0.25, 0.3) is 0 Å². The summed E-state index contributed by atoms with van der Waals surface area (Å²) in [5.41, 5.74) is -1.82. The molecule has 0 aromatic heterocycles. The average molecular weight is 484 g/mol. The third kappa shape index (κ3) is 4.48. The number of benzene rings is 2. The van der Waals surface area contributed by atoms with Crippen molar-refractivity contribution in [1.29, 1.82) is 0 Å². The fraction of sp³-hybridized carbons (Fsp3) is 0.294. The van der Waals surface area contributed by atoms with Gasteiger partial charge in [0.05, 0.1) is 25.4 Å². The molecule has 1 fully saturated rings. The van der Waals surface area contributed by atoms with E-state index in [1.165, 1.54) is 27.4 Å². The van der Waals surface area contributed by atoms with Crippen molar-refractivity contribution in [3.8, 4) is 0 Å². The van der Waals surface area contributed by atoms with Gasteiger partial charge in [-0.15, -0.1) is 0 Å². The number of sulfonamides is 1. The summed E-state index contributed by atoms with van der Waals surface area (Å²) in [4.78, 5) is 11.8. The Balaban J connectivity index is 1.81. The second kappa shape index (κ2) is 8.22. The Labute approximate surface area is 179 Å². The first kappa shape index (κ1) is 22.6. The SMILES string of the molecule is O=[N+]([O-])c1cc(C(F)(F)F)ccc1N1CCN(S(=O)(=O)c2ccc(Cl)c(Cl)c2)CC1. The number of halogens is 5. The molecule has 0 N–H and O–H groups in total. The first-order valence-corrected chi connectivity index (χ1v) is 10.7. The van der Waals surface area contributed by atoms with E-state index in [2.05, 4.69) is 0 Å². The minimum Gasteiger partial charge on any atom is -0.363 e. The van der Waals surface area contributed by atoms with E-state index in [1.54, 1.807) is 0 Å². The van der Waals surface area contributed by atoms with Crippen molar-refractivity contribution >= 4 is 44.6 Å². The van der Waals surface area contributed by atoms with Gasteiger partial charge >= 0.3 is 6.18 Å². The van der Waals surface area contributed by atoms with Crippen molar-refractivity contribution in [2.24, 2.45) is 0 Å². The number of rotatable bonds is 4. The highest BCUT2D eigenvalue weighted by Gasteiger charge is 2.35. The smallest absolute Gasteiger partial charge is 0.363 e. The van der Waals surface area contributed by atoms with Crippen molar-refractivity contribution in [2.75, 3.05) is 31.1 Å². The van der Waals surface area contributed by atoms with E-state index in [0.717, 1.165) is 12.1 Å². The largest absolute Gasteiger partial charge is 0.416 e. The fourth-order valence-corrected chi connectivity index (χ4v) is 4.88. The van der Waals surface area contributed by atoms with Crippen LogP contribution in [0.15, 0.2) is 41.3 Å². The topological polar surface area (TPSA) is 83.8 Å². The Bertz CT molecular complexity index is 1090. The van der Waals surface area contributed by atoms with Gasteiger partial charge in [-0.1, -0.05) is 23.2 Å². The van der Waals surface area contributed by atoms with Gasteiger partial charge < -0.3 is 4.90 Å². The molecule has 162 valence electrons. The van der Waals surface area contributed by atoms with Crippen LogP contribution in [-0.2, 0) is 16.2 Å². The van der Waals surface area contributed by atoms with Crippen molar-refractivity contribution in [3.05, 3.63) is 62.1 Å². The lowest BCUT2D eigenvalue weighted by Crippen LogP contribution is -2.48. The highest BCUT2D eigenvalue weighted by molar-refractivity contribution is 7.89. The van der Waals surface area contributed by atoms with Crippen molar-refractivity contribution < 1.29 is 26.5 Å². The molecular weight excluding hydrogens is 470 g/mol. The molecule has 3 rings (SSSR count). The molecule has 1 aliphatic heterocycles. The summed E-state index contributed by atoms with van der Waals surface area (Å²) in [6.45, 7) is 0.0982. The van der Waals surface area contributed by atoms with Crippen LogP contribution in [0.2, 0.25) is 10.0 Å². The maximum absolute atomic E-state index is 12.9. The van der Waals surface area contributed by atoms with Crippen LogP contribution in [-0.4, -0.2) is 43.8 Å². The summed E-state index contributed by atoms with van der Waals surface area (Å²) >= 11 is 11.7.